The van der Waals surface area contributed by atoms with Gasteiger partial charge in [0.2, 0.25) is 0 Å². The SMILES string of the molecule is CCCCCCCCCCCCCC(=O)O[C@H]1[C@@H](O)[C@@H](CO)OC(O)[C@@H]1O. The van der Waals surface area contributed by atoms with E-state index in [2.05, 4.69) is 6.92 Å². The van der Waals surface area contributed by atoms with Gasteiger partial charge in [-0.2, -0.15) is 0 Å². The van der Waals surface area contributed by atoms with Gasteiger partial charge in [-0.25, -0.2) is 0 Å². The zero-order chi connectivity index (χ0) is 20.1. The molecule has 1 aliphatic heterocycles. The Morgan fingerprint density at radius 3 is 1.89 bits per heavy atom. The lowest BCUT2D eigenvalue weighted by molar-refractivity contribution is -0.289. The number of aliphatic hydroxyl groups excluding tert-OH is 4. The first-order valence-electron chi connectivity index (χ1n) is 10.5. The smallest absolute Gasteiger partial charge is 0.306 e. The van der Waals surface area contributed by atoms with Gasteiger partial charge in [-0.15, -0.1) is 0 Å². The third kappa shape index (κ3) is 9.34. The number of carbonyl (C=O) groups is 1. The number of ether oxygens (including phenoxy) is 2. The first-order chi connectivity index (χ1) is 13.0. The van der Waals surface area contributed by atoms with Crippen LogP contribution in [0.15, 0.2) is 0 Å². The summed E-state index contributed by atoms with van der Waals surface area (Å²) in [6.45, 7) is 1.68. The van der Waals surface area contributed by atoms with Crippen LogP contribution in [0.2, 0.25) is 0 Å². The molecule has 0 saturated carbocycles. The molecule has 1 saturated heterocycles. The van der Waals surface area contributed by atoms with E-state index in [0.717, 1.165) is 12.8 Å². The van der Waals surface area contributed by atoms with Gasteiger partial charge < -0.3 is 29.9 Å². The number of hydrogen-bond donors (Lipinski definition) is 4. The quantitative estimate of drug-likeness (QED) is 0.265. The largest absolute Gasteiger partial charge is 0.456 e. The second-order valence-electron chi connectivity index (χ2n) is 7.47. The summed E-state index contributed by atoms with van der Waals surface area (Å²) < 4.78 is 9.98. The second kappa shape index (κ2) is 14.3. The predicted octanol–water partition coefficient (Wildman–Crippen LogP) is 2.03. The first-order valence-corrected chi connectivity index (χ1v) is 10.5. The molecule has 0 radical (unpaired) electrons. The highest BCUT2D eigenvalue weighted by Gasteiger charge is 2.45. The van der Waals surface area contributed by atoms with Gasteiger partial charge in [-0.3, -0.25) is 4.79 Å². The topological polar surface area (TPSA) is 116 Å². The van der Waals surface area contributed by atoms with E-state index in [0.29, 0.717) is 6.42 Å². The van der Waals surface area contributed by atoms with Crippen LogP contribution in [0.25, 0.3) is 0 Å². The van der Waals surface area contributed by atoms with Crippen molar-refractivity contribution in [2.75, 3.05) is 6.61 Å². The van der Waals surface area contributed by atoms with E-state index in [1.54, 1.807) is 0 Å². The Balaban J connectivity index is 2.09. The summed E-state index contributed by atoms with van der Waals surface area (Å²) in [5, 5.41) is 38.5. The zero-order valence-corrected chi connectivity index (χ0v) is 16.6. The molecule has 1 unspecified atom stereocenters. The van der Waals surface area contributed by atoms with Gasteiger partial charge >= 0.3 is 5.97 Å². The van der Waals surface area contributed by atoms with Crippen molar-refractivity contribution in [1.82, 2.24) is 0 Å². The number of rotatable bonds is 14. The number of unbranched alkanes of at least 4 members (excludes halogenated alkanes) is 10. The minimum atomic E-state index is -1.61. The van der Waals surface area contributed by atoms with Crippen LogP contribution in [0.3, 0.4) is 0 Å². The van der Waals surface area contributed by atoms with Gasteiger partial charge in [0.25, 0.3) is 0 Å². The minimum Gasteiger partial charge on any atom is -0.456 e. The third-order valence-corrected chi connectivity index (χ3v) is 5.09. The summed E-state index contributed by atoms with van der Waals surface area (Å²) in [6, 6.07) is 0. The number of aliphatic hydroxyl groups is 4. The molecule has 7 heteroatoms. The van der Waals surface area contributed by atoms with Crippen molar-refractivity contribution in [3.63, 3.8) is 0 Å². The van der Waals surface area contributed by atoms with Crippen LogP contribution in [0.1, 0.15) is 84.0 Å². The Morgan fingerprint density at radius 2 is 1.37 bits per heavy atom. The summed E-state index contributed by atoms with van der Waals surface area (Å²) in [5.74, 6) is -0.528. The Bertz CT molecular complexity index is 391. The van der Waals surface area contributed by atoms with Gasteiger partial charge in [0.15, 0.2) is 12.4 Å². The average Bonchev–Trinajstić information content (AvgIpc) is 2.66. The van der Waals surface area contributed by atoms with E-state index < -0.39 is 43.3 Å². The van der Waals surface area contributed by atoms with Gasteiger partial charge in [-0.05, 0) is 6.42 Å². The minimum absolute atomic E-state index is 0.202. The van der Waals surface area contributed by atoms with Gasteiger partial charge in [0, 0.05) is 6.42 Å². The lowest BCUT2D eigenvalue weighted by Gasteiger charge is -2.39. The molecular formula is C20H38O7. The molecule has 4 N–H and O–H groups in total. The molecule has 0 bridgehead atoms. The fraction of sp³-hybridized carbons (Fsp3) is 0.950. The lowest BCUT2D eigenvalue weighted by Crippen LogP contribution is -2.59. The van der Waals surface area contributed by atoms with Crippen molar-refractivity contribution in [2.45, 2.75) is 115 Å². The maximum absolute atomic E-state index is 11.9. The van der Waals surface area contributed by atoms with Gasteiger partial charge in [-0.1, -0.05) is 71.1 Å². The van der Waals surface area contributed by atoms with Crippen LogP contribution < -0.4 is 0 Å². The van der Waals surface area contributed by atoms with Crippen molar-refractivity contribution in [3.8, 4) is 0 Å². The summed E-state index contributed by atoms with van der Waals surface area (Å²) in [7, 11) is 0. The molecule has 1 rings (SSSR count). The Morgan fingerprint density at radius 1 is 0.852 bits per heavy atom. The molecule has 0 aromatic carbocycles. The fourth-order valence-electron chi connectivity index (χ4n) is 3.35. The second-order valence-corrected chi connectivity index (χ2v) is 7.47. The highest BCUT2D eigenvalue weighted by atomic mass is 16.7. The molecule has 5 atom stereocenters. The van der Waals surface area contributed by atoms with Crippen LogP contribution in [-0.4, -0.2) is 63.7 Å². The molecular weight excluding hydrogens is 352 g/mol. The predicted molar refractivity (Wildman–Crippen MR) is 101 cm³/mol. The molecule has 7 nitrogen and oxygen atoms in total. The molecule has 0 spiro atoms. The zero-order valence-electron chi connectivity index (χ0n) is 16.6. The standard InChI is InChI=1S/C20H38O7/c1-2-3-4-5-6-7-8-9-10-11-12-13-16(22)27-19-17(23)15(14-21)26-20(25)18(19)24/h15,17-21,23-25H,2-14H2,1H3/t15-,17+,18-,19+,20?/m1/s1. The van der Waals surface area contributed by atoms with Crippen LogP contribution in [0, 0.1) is 0 Å². The van der Waals surface area contributed by atoms with E-state index >= 15 is 0 Å². The van der Waals surface area contributed by atoms with Crippen molar-refractivity contribution in [1.29, 1.82) is 0 Å². The Labute approximate surface area is 162 Å². The highest BCUT2D eigenvalue weighted by Crippen LogP contribution is 2.23. The van der Waals surface area contributed by atoms with Crippen LogP contribution >= 0.6 is 0 Å². The van der Waals surface area contributed by atoms with Crippen molar-refractivity contribution >= 4 is 5.97 Å². The third-order valence-electron chi connectivity index (χ3n) is 5.09. The molecule has 0 aromatic heterocycles. The van der Waals surface area contributed by atoms with E-state index in [4.69, 9.17) is 14.6 Å². The monoisotopic (exact) mass is 390 g/mol. The van der Waals surface area contributed by atoms with Gasteiger partial charge in [0.1, 0.15) is 18.3 Å². The Hall–Kier alpha value is -0.730. The average molecular weight is 391 g/mol. The maximum atomic E-state index is 11.9. The molecule has 1 heterocycles. The molecule has 1 aliphatic rings. The summed E-state index contributed by atoms with van der Waals surface area (Å²) in [4.78, 5) is 11.9. The van der Waals surface area contributed by atoms with E-state index in [1.165, 1.54) is 51.4 Å². The fourth-order valence-corrected chi connectivity index (χ4v) is 3.35. The lowest BCUT2D eigenvalue weighted by atomic mass is 9.99. The summed E-state index contributed by atoms with van der Waals surface area (Å²) in [5.41, 5.74) is 0. The molecule has 1 fully saturated rings. The molecule has 27 heavy (non-hydrogen) atoms. The first kappa shape index (κ1) is 24.3. The van der Waals surface area contributed by atoms with Crippen molar-refractivity contribution < 1.29 is 34.7 Å². The van der Waals surface area contributed by atoms with Crippen molar-refractivity contribution in [2.24, 2.45) is 0 Å². The summed E-state index contributed by atoms with van der Waals surface area (Å²) in [6.07, 6.45) is 6.25. The molecule has 0 amide bonds. The van der Waals surface area contributed by atoms with E-state index in [-0.39, 0.29) is 6.42 Å². The van der Waals surface area contributed by atoms with Gasteiger partial charge in [0.05, 0.1) is 6.61 Å². The molecule has 160 valence electrons. The normalized spacial score (nSPS) is 28.3. The van der Waals surface area contributed by atoms with Crippen LogP contribution in [-0.2, 0) is 14.3 Å². The number of hydrogen-bond acceptors (Lipinski definition) is 7. The Kier molecular flexibility index (Phi) is 12.9. The van der Waals surface area contributed by atoms with E-state index in [9.17, 15) is 20.1 Å². The number of esters is 1. The van der Waals surface area contributed by atoms with E-state index in [1.807, 2.05) is 0 Å². The molecule has 0 aliphatic carbocycles. The number of carbonyl (C=O) groups excluding carboxylic acids is 1. The summed E-state index contributed by atoms with van der Waals surface area (Å²) >= 11 is 0. The van der Waals surface area contributed by atoms with Crippen LogP contribution in [0.4, 0.5) is 0 Å². The maximum Gasteiger partial charge on any atom is 0.306 e. The van der Waals surface area contributed by atoms with Crippen LogP contribution in [0.5, 0.6) is 0 Å². The van der Waals surface area contributed by atoms with Crippen molar-refractivity contribution in [3.05, 3.63) is 0 Å². The molecule has 0 aromatic rings. The highest BCUT2D eigenvalue weighted by molar-refractivity contribution is 5.69.